The molecule has 4 heteroatoms. The molecule has 0 aliphatic carbocycles. The summed E-state index contributed by atoms with van der Waals surface area (Å²) in [6.07, 6.45) is -0.183. The van der Waals surface area contributed by atoms with E-state index < -0.39 is 6.09 Å². The summed E-state index contributed by atoms with van der Waals surface area (Å²) in [5.74, 6) is 0. The van der Waals surface area contributed by atoms with E-state index in [4.69, 9.17) is 11.5 Å². The molecule has 0 aliphatic heterocycles. The van der Waals surface area contributed by atoms with E-state index in [1.54, 1.807) is 0 Å². The van der Waals surface area contributed by atoms with Crippen LogP contribution >= 0.6 is 0 Å². The molecule has 1 amide bonds. The number of ether oxygens (including phenoxy) is 1. The van der Waals surface area contributed by atoms with E-state index in [2.05, 4.69) is 4.74 Å². The number of primary amides is 1. The maximum Gasteiger partial charge on any atom is 0.404 e. The predicted octanol–water partition coefficient (Wildman–Crippen LogP) is 1.17. The Morgan fingerprint density at radius 1 is 1.36 bits per heavy atom. The van der Waals surface area contributed by atoms with E-state index in [1.165, 1.54) is 0 Å². The third-order valence-corrected chi connectivity index (χ3v) is 1.90. The number of carbonyl (C=O) groups excluding carboxylic acids is 1. The molecule has 1 aromatic carbocycles. The average Bonchev–Trinajstić information content (AvgIpc) is 2.18. The molecule has 4 nitrogen and oxygen atoms in total. The van der Waals surface area contributed by atoms with Gasteiger partial charge in [-0.05, 0) is 5.56 Å². The van der Waals surface area contributed by atoms with Crippen molar-refractivity contribution >= 4 is 6.09 Å². The summed E-state index contributed by atoms with van der Waals surface area (Å²) in [4.78, 5) is 10.3. The number of rotatable bonds is 4. The Labute approximate surface area is 82.8 Å². The SMILES string of the molecule is NC(=O)OCC[C@H](N)c1ccccc1. The molecule has 0 unspecified atom stereocenters. The number of nitrogens with two attached hydrogens (primary N) is 2. The zero-order valence-electron chi connectivity index (χ0n) is 7.85. The van der Waals surface area contributed by atoms with Gasteiger partial charge in [-0.2, -0.15) is 0 Å². The first-order valence-electron chi connectivity index (χ1n) is 4.43. The van der Waals surface area contributed by atoms with Crippen LogP contribution in [0.2, 0.25) is 0 Å². The molecule has 0 saturated carbocycles. The first kappa shape index (κ1) is 10.5. The molecule has 0 radical (unpaired) electrons. The predicted molar refractivity (Wildman–Crippen MR) is 53.5 cm³/mol. The van der Waals surface area contributed by atoms with Gasteiger partial charge in [-0.3, -0.25) is 0 Å². The quantitative estimate of drug-likeness (QED) is 0.755. The highest BCUT2D eigenvalue weighted by Crippen LogP contribution is 2.12. The van der Waals surface area contributed by atoms with Crippen molar-refractivity contribution in [2.24, 2.45) is 11.5 Å². The van der Waals surface area contributed by atoms with E-state index in [1.807, 2.05) is 30.3 Å². The molecule has 0 heterocycles. The Morgan fingerprint density at radius 3 is 2.57 bits per heavy atom. The van der Waals surface area contributed by atoms with Crippen molar-refractivity contribution in [3.8, 4) is 0 Å². The zero-order chi connectivity index (χ0) is 10.4. The van der Waals surface area contributed by atoms with Gasteiger partial charge < -0.3 is 16.2 Å². The molecule has 0 spiro atoms. The van der Waals surface area contributed by atoms with Gasteiger partial charge in [0.05, 0.1) is 6.61 Å². The van der Waals surface area contributed by atoms with Crippen molar-refractivity contribution in [1.29, 1.82) is 0 Å². The lowest BCUT2D eigenvalue weighted by molar-refractivity contribution is 0.153. The lowest BCUT2D eigenvalue weighted by atomic mass is 10.1. The van der Waals surface area contributed by atoms with Crippen LogP contribution in [0.5, 0.6) is 0 Å². The molecule has 4 N–H and O–H groups in total. The van der Waals surface area contributed by atoms with Crippen molar-refractivity contribution in [2.75, 3.05) is 6.61 Å². The first-order valence-corrected chi connectivity index (χ1v) is 4.43. The van der Waals surface area contributed by atoms with Crippen LogP contribution in [0.25, 0.3) is 0 Å². The molecular formula is C10H14N2O2. The third kappa shape index (κ3) is 3.45. The minimum atomic E-state index is -0.759. The Balaban J connectivity index is 2.36. The smallest absolute Gasteiger partial charge is 0.404 e. The molecular weight excluding hydrogens is 180 g/mol. The second-order valence-corrected chi connectivity index (χ2v) is 2.97. The highest BCUT2D eigenvalue weighted by Gasteiger charge is 2.05. The number of hydrogen-bond donors (Lipinski definition) is 2. The molecule has 0 aromatic heterocycles. The van der Waals surface area contributed by atoms with Crippen molar-refractivity contribution in [3.05, 3.63) is 35.9 Å². The summed E-state index contributed by atoms with van der Waals surface area (Å²) in [6.45, 7) is 0.255. The topological polar surface area (TPSA) is 78.3 Å². The normalized spacial score (nSPS) is 12.1. The minimum absolute atomic E-state index is 0.115. The molecule has 0 saturated heterocycles. The fraction of sp³-hybridized carbons (Fsp3) is 0.300. The first-order chi connectivity index (χ1) is 6.70. The van der Waals surface area contributed by atoms with Crippen LogP contribution in [0, 0.1) is 0 Å². The number of benzene rings is 1. The van der Waals surface area contributed by atoms with Crippen LogP contribution in [-0.2, 0) is 4.74 Å². The molecule has 76 valence electrons. The van der Waals surface area contributed by atoms with Crippen molar-refractivity contribution < 1.29 is 9.53 Å². The van der Waals surface area contributed by atoms with Gasteiger partial charge in [-0.25, -0.2) is 4.79 Å². The standard InChI is InChI=1S/C10H14N2O2/c11-9(6-7-14-10(12)13)8-4-2-1-3-5-8/h1-5,9H,6-7,11H2,(H2,12,13)/t9-/m0/s1. The van der Waals surface area contributed by atoms with Gasteiger partial charge in [0, 0.05) is 12.5 Å². The van der Waals surface area contributed by atoms with E-state index in [9.17, 15) is 4.79 Å². The Morgan fingerprint density at radius 2 is 2.00 bits per heavy atom. The zero-order valence-corrected chi connectivity index (χ0v) is 7.85. The monoisotopic (exact) mass is 194 g/mol. The highest BCUT2D eigenvalue weighted by molar-refractivity contribution is 5.64. The van der Waals surface area contributed by atoms with Gasteiger partial charge >= 0.3 is 6.09 Å². The van der Waals surface area contributed by atoms with Gasteiger partial charge in [0.1, 0.15) is 0 Å². The fourth-order valence-electron chi connectivity index (χ4n) is 1.15. The van der Waals surface area contributed by atoms with Crippen molar-refractivity contribution in [1.82, 2.24) is 0 Å². The molecule has 14 heavy (non-hydrogen) atoms. The van der Waals surface area contributed by atoms with Crippen molar-refractivity contribution in [3.63, 3.8) is 0 Å². The lowest BCUT2D eigenvalue weighted by Crippen LogP contribution is -2.18. The average molecular weight is 194 g/mol. The van der Waals surface area contributed by atoms with Crippen LogP contribution in [0.3, 0.4) is 0 Å². The Hall–Kier alpha value is -1.55. The van der Waals surface area contributed by atoms with E-state index in [0.717, 1.165) is 5.56 Å². The summed E-state index contributed by atoms with van der Waals surface area (Å²) in [7, 11) is 0. The van der Waals surface area contributed by atoms with Gasteiger partial charge in [0.15, 0.2) is 0 Å². The summed E-state index contributed by atoms with van der Waals surface area (Å²) in [5.41, 5.74) is 11.7. The van der Waals surface area contributed by atoms with Crippen LogP contribution in [-0.4, -0.2) is 12.7 Å². The maximum atomic E-state index is 10.3. The van der Waals surface area contributed by atoms with Crippen LogP contribution < -0.4 is 11.5 Å². The summed E-state index contributed by atoms with van der Waals surface area (Å²) in [5, 5.41) is 0. The number of carbonyl (C=O) groups is 1. The second kappa shape index (κ2) is 5.24. The lowest BCUT2D eigenvalue weighted by Gasteiger charge is -2.10. The van der Waals surface area contributed by atoms with E-state index in [0.29, 0.717) is 6.42 Å². The maximum absolute atomic E-state index is 10.3. The van der Waals surface area contributed by atoms with Crippen molar-refractivity contribution in [2.45, 2.75) is 12.5 Å². The third-order valence-electron chi connectivity index (χ3n) is 1.90. The second-order valence-electron chi connectivity index (χ2n) is 2.97. The van der Waals surface area contributed by atoms with Gasteiger partial charge in [-0.1, -0.05) is 30.3 Å². The fourth-order valence-corrected chi connectivity index (χ4v) is 1.15. The summed E-state index contributed by atoms with van der Waals surface area (Å²) >= 11 is 0. The molecule has 1 rings (SSSR count). The molecule has 1 atom stereocenters. The number of hydrogen-bond acceptors (Lipinski definition) is 3. The van der Waals surface area contributed by atoms with Crippen LogP contribution in [0.4, 0.5) is 4.79 Å². The minimum Gasteiger partial charge on any atom is -0.450 e. The van der Waals surface area contributed by atoms with Gasteiger partial charge in [0.2, 0.25) is 0 Å². The van der Waals surface area contributed by atoms with E-state index in [-0.39, 0.29) is 12.6 Å². The van der Waals surface area contributed by atoms with Crippen LogP contribution in [0.1, 0.15) is 18.0 Å². The van der Waals surface area contributed by atoms with Gasteiger partial charge in [0.25, 0.3) is 0 Å². The molecule has 1 aromatic rings. The van der Waals surface area contributed by atoms with E-state index >= 15 is 0 Å². The molecule has 0 aliphatic rings. The summed E-state index contributed by atoms with van der Waals surface area (Å²) in [6, 6.07) is 9.53. The Bertz CT molecular complexity index is 287. The molecule has 0 bridgehead atoms. The van der Waals surface area contributed by atoms with Gasteiger partial charge in [-0.15, -0.1) is 0 Å². The largest absolute Gasteiger partial charge is 0.450 e. The molecule has 0 fully saturated rings. The van der Waals surface area contributed by atoms with Crippen LogP contribution in [0.15, 0.2) is 30.3 Å². The number of amides is 1. The highest BCUT2D eigenvalue weighted by atomic mass is 16.5. The Kier molecular flexibility index (Phi) is 3.94. The summed E-state index contributed by atoms with van der Waals surface area (Å²) < 4.78 is 4.59.